The van der Waals surface area contributed by atoms with Gasteiger partial charge in [-0.3, -0.25) is 9.59 Å². The molecule has 0 unspecified atom stereocenters. The highest BCUT2D eigenvalue weighted by Crippen LogP contribution is 2.16. The molecule has 0 radical (unpaired) electrons. The maximum Gasteiger partial charge on any atom is 0.251 e. The third-order valence-corrected chi connectivity index (χ3v) is 4.66. The maximum atomic E-state index is 12.5. The summed E-state index contributed by atoms with van der Waals surface area (Å²) in [7, 11) is 0. The summed E-state index contributed by atoms with van der Waals surface area (Å²) in [5.41, 5.74) is 6.94. The molecule has 3 aromatic carbocycles. The van der Waals surface area contributed by atoms with E-state index in [0.717, 1.165) is 19.9 Å². The Morgan fingerprint density at radius 2 is 1.72 bits per heavy atom. The van der Waals surface area contributed by atoms with Crippen LogP contribution in [0.25, 0.3) is 10.8 Å². The minimum absolute atomic E-state index is 0.305. The molecule has 0 aliphatic rings. The molecule has 5 heteroatoms. The molecule has 126 valence electrons. The van der Waals surface area contributed by atoms with Crippen LogP contribution in [0.3, 0.4) is 0 Å². The molecule has 0 aromatic heterocycles. The van der Waals surface area contributed by atoms with Gasteiger partial charge >= 0.3 is 0 Å². The van der Waals surface area contributed by atoms with E-state index in [1.165, 1.54) is 0 Å². The number of fused-ring (bicyclic) bond motifs is 1. The molecule has 0 saturated carbocycles. The van der Waals surface area contributed by atoms with Crippen LogP contribution in [-0.2, 0) is 11.2 Å². The van der Waals surface area contributed by atoms with Gasteiger partial charge in [0, 0.05) is 15.6 Å². The van der Waals surface area contributed by atoms with E-state index in [2.05, 4.69) is 27.9 Å². The Morgan fingerprint density at radius 1 is 0.960 bits per heavy atom. The molecule has 25 heavy (non-hydrogen) atoms. The second-order valence-corrected chi connectivity index (χ2v) is 7.07. The van der Waals surface area contributed by atoms with Gasteiger partial charge in [-0.15, -0.1) is 0 Å². The fourth-order valence-electron chi connectivity index (χ4n) is 2.69. The number of halogens is 1. The minimum Gasteiger partial charge on any atom is -0.368 e. The molecule has 4 nitrogen and oxygen atoms in total. The molecule has 0 fully saturated rings. The van der Waals surface area contributed by atoms with Crippen molar-refractivity contribution in [1.29, 1.82) is 0 Å². The van der Waals surface area contributed by atoms with Crippen LogP contribution >= 0.6 is 22.6 Å². The van der Waals surface area contributed by atoms with E-state index in [9.17, 15) is 9.59 Å². The van der Waals surface area contributed by atoms with Crippen LogP contribution in [0.2, 0.25) is 0 Å². The van der Waals surface area contributed by atoms with Crippen molar-refractivity contribution < 1.29 is 9.59 Å². The smallest absolute Gasteiger partial charge is 0.251 e. The van der Waals surface area contributed by atoms with Crippen molar-refractivity contribution in [3.05, 3.63) is 81.4 Å². The summed E-state index contributed by atoms with van der Waals surface area (Å²) in [6, 6.07) is 20.3. The fraction of sp³-hybridized carbons (Fsp3) is 0.100. The van der Waals surface area contributed by atoms with Crippen molar-refractivity contribution >= 4 is 45.2 Å². The van der Waals surface area contributed by atoms with E-state index >= 15 is 0 Å². The van der Waals surface area contributed by atoms with E-state index in [0.29, 0.717) is 12.0 Å². The molecule has 3 N–H and O–H groups in total. The number of rotatable bonds is 5. The van der Waals surface area contributed by atoms with Crippen LogP contribution in [0.4, 0.5) is 0 Å². The number of nitrogens with two attached hydrogens (primary N) is 1. The number of primary amides is 1. The van der Waals surface area contributed by atoms with Gasteiger partial charge in [0.15, 0.2) is 0 Å². The van der Waals surface area contributed by atoms with Crippen LogP contribution in [0.5, 0.6) is 0 Å². The highest BCUT2D eigenvalue weighted by atomic mass is 127. The Labute approximate surface area is 159 Å². The van der Waals surface area contributed by atoms with E-state index in [1.54, 1.807) is 6.07 Å². The Balaban J connectivity index is 1.78. The van der Waals surface area contributed by atoms with Gasteiger partial charge in [0.25, 0.3) is 5.91 Å². The zero-order valence-electron chi connectivity index (χ0n) is 13.4. The van der Waals surface area contributed by atoms with E-state index in [1.807, 2.05) is 60.7 Å². The molecule has 0 spiro atoms. The van der Waals surface area contributed by atoms with Crippen LogP contribution in [0.15, 0.2) is 66.7 Å². The number of hydrogen-bond donors (Lipinski definition) is 2. The van der Waals surface area contributed by atoms with E-state index in [-0.39, 0.29) is 5.91 Å². The Kier molecular flexibility index (Phi) is 5.33. The lowest BCUT2D eigenvalue weighted by atomic mass is 10.0. The van der Waals surface area contributed by atoms with Crippen LogP contribution in [0.1, 0.15) is 15.9 Å². The lowest BCUT2D eigenvalue weighted by Crippen LogP contribution is -2.45. The third-order valence-electron chi connectivity index (χ3n) is 3.99. The van der Waals surface area contributed by atoms with Gasteiger partial charge in [-0.25, -0.2) is 0 Å². The molecule has 0 aliphatic heterocycles. The van der Waals surface area contributed by atoms with Crippen molar-refractivity contribution in [3.63, 3.8) is 0 Å². The highest BCUT2D eigenvalue weighted by molar-refractivity contribution is 14.1. The summed E-state index contributed by atoms with van der Waals surface area (Å²) in [6.07, 6.45) is 0.367. The van der Waals surface area contributed by atoms with Crippen molar-refractivity contribution in [2.24, 2.45) is 5.73 Å². The molecular weight excluding hydrogens is 427 g/mol. The monoisotopic (exact) mass is 444 g/mol. The average molecular weight is 444 g/mol. The maximum absolute atomic E-state index is 12.5. The predicted molar refractivity (Wildman–Crippen MR) is 107 cm³/mol. The van der Waals surface area contributed by atoms with Crippen molar-refractivity contribution in [3.8, 4) is 0 Å². The molecule has 3 aromatic rings. The van der Waals surface area contributed by atoms with Gasteiger partial charge < -0.3 is 11.1 Å². The van der Waals surface area contributed by atoms with Crippen molar-refractivity contribution in [2.75, 3.05) is 0 Å². The first kappa shape index (κ1) is 17.4. The van der Waals surface area contributed by atoms with Gasteiger partial charge in [-0.05, 0) is 63.2 Å². The van der Waals surface area contributed by atoms with Gasteiger partial charge in [0.05, 0.1) is 0 Å². The predicted octanol–water partition coefficient (Wildman–Crippen LogP) is 3.27. The summed E-state index contributed by atoms with van der Waals surface area (Å²) in [6.45, 7) is 0. The van der Waals surface area contributed by atoms with Crippen molar-refractivity contribution in [2.45, 2.75) is 12.5 Å². The molecule has 0 heterocycles. The normalized spacial score (nSPS) is 11.9. The first-order chi connectivity index (χ1) is 12.0. The summed E-state index contributed by atoms with van der Waals surface area (Å²) in [5.74, 6) is -0.854. The average Bonchev–Trinajstić information content (AvgIpc) is 2.60. The zero-order valence-corrected chi connectivity index (χ0v) is 15.6. The molecule has 0 bridgehead atoms. The second kappa shape index (κ2) is 7.65. The van der Waals surface area contributed by atoms with Crippen LogP contribution in [-0.4, -0.2) is 17.9 Å². The first-order valence-electron chi connectivity index (χ1n) is 7.86. The molecular formula is C20H17IN2O2. The number of hydrogen-bond acceptors (Lipinski definition) is 2. The number of carbonyl (C=O) groups excluding carboxylic acids is 2. The lowest BCUT2D eigenvalue weighted by molar-refractivity contribution is -0.119. The van der Waals surface area contributed by atoms with Crippen molar-refractivity contribution in [1.82, 2.24) is 5.32 Å². The molecule has 0 aliphatic carbocycles. The van der Waals surface area contributed by atoms with E-state index in [4.69, 9.17) is 5.73 Å². The summed E-state index contributed by atoms with van der Waals surface area (Å²) in [4.78, 5) is 24.3. The van der Waals surface area contributed by atoms with Crippen LogP contribution < -0.4 is 11.1 Å². The van der Waals surface area contributed by atoms with Gasteiger partial charge in [-0.2, -0.15) is 0 Å². The van der Waals surface area contributed by atoms with Gasteiger partial charge in [0.1, 0.15) is 6.04 Å². The molecule has 0 saturated heterocycles. The second-order valence-electron chi connectivity index (χ2n) is 5.82. The molecule has 3 rings (SSSR count). The number of carbonyl (C=O) groups is 2. The first-order valence-corrected chi connectivity index (χ1v) is 8.94. The number of benzene rings is 3. The quantitative estimate of drug-likeness (QED) is 0.593. The lowest BCUT2D eigenvalue weighted by Gasteiger charge is -2.16. The largest absolute Gasteiger partial charge is 0.368 e. The van der Waals surface area contributed by atoms with E-state index < -0.39 is 11.9 Å². The van der Waals surface area contributed by atoms with Gasteiger partial charge in [0.2, 0.25) is 5.91 Å². The SMILES string of the molecule is NC(=O)[C@H](Cc1cccc(I)c1)NC(=O)c1ccc2ccccc2c1. The topological polar surface area (TPSA) is 72.2 Å². The summed E-state index contributed by atoms with van der Waals surface area (Å²) < 4.78 is 1.07. The van der Waals surface area contributed by atoms with Crippen LogP contribution in [0, 0.1) is 3.57 Å². The number of amides is 2. The number of nitrogens with one attached hydrogen (secondary N) is 1. The third kappa shape index (κ3) is 4.36. The Morgan fingerprint density at radius 3 is 2.44 bits per heavy atom. The molecule has 1 atom stereocenters. The summed E-state index contributed by atoms with van der Waals surface area (Å²) in [5, 5.41) is 4.78. The van der Waals surface area contributed by atoms with Gasteiger partial charge in [-0.1, -0.05) is 42.5 Å². The minimum atomic E-state index is -0.753. The molecule has 2 amide bonds. The Hall–Kier alpha value is -2.41. The fourth-order valence-corrected chi connectivity index (χ4v) is 3.30. The summed E-state index contributed by atoms with van der Waals surface area (Å²) >= 11 is 2.21. The standard InChI is InChI=1S/C20H17IN2O2/c21-17-7-3-4-13(10-17)11-18(19(22)24)23-20(25)16-9-8-14-5-1-2-6-15(14)12-16/h1-10,12,18H,11H2,(H2,22,24)(H,23,25)/t18-/m0/s1. The Bertz CT molecular complexity index is 940. The zero-order chi connectivity index (χ0) is 17.8. The highest BCUT2D eigenvalue weighted by Gasteiger charge is 2.19.